The molecular formula is C22H24OS. The molecule has 1 saturated carbocycles. The van der Waals surface area contributed by atoms with Gasteiger partial charge in [0.1, 0.15) is 11.9 Å². The van der Waals surface area contributed by atoms with Gasteiger partial charge in [0.2, 0.25) is 0 Å². The van der Waals surface area contributed by atoms with Gasteiger partial charge in [-0.25, -0.2) is 0 Å². The summed E-state index contributed by atoms with van der Waals surface area (Å²) in [6.07, 6.45) is 7.05. The van der Waals surface area contributed by atoms with Crippen molar-refractivity contribution in [3.63, 3.8) is 0 Å². The van der Waals surface area contributed by atoms with Gasteiger partial charge in [0, 0.05) is 10.8 Å². The van der Waals surface area contributed by atoms with Crippen LogP contribution in [0.3, 0.4) is 0 Å². The first kappa shape index (κ1) is 16.9. The van der Waals surface area contributed by atoms with E-state index in [2.05, 4.69) is 54.5 Å². The van der Waals surface area contributed by atoms with Crippen LogP contribution in [0.4, 0.5) is 0 Å². The summed E-state index contributed by atoms with van der Waals surface area (Å²) in [6, 6.07) is 21.1. The maximum Gasteiger partial charge on any atom is 0.113 e. The lowest BCUT2D eigenvalue weighted by molar-refractivity contribution is 0.0710. The van der Waals surface area contributed by atoms with Crippen LogP contribution in [0.1, 0.15) is 37.2 Å². The minimum Gasteiger partial charge on any atom is -0.490 e. The van der Waals surface area contributed by atoms with Gasteiger partial charge in [-0.15, -0.1) is 0 Å². The Morgan fingerprint density at radius 3 is 2.38 bits per heavy atom. The van der Waals surface area contributed by atoms with Crippen molar-refractivity contribution in [1.29, 1.82) is 0 Å². The molecule has 3 rings (SSSR count). The third kappa shape index (κ3) is 4.78. The van der Waals surface area contributed by atoms with Gasteiger partial charge in [-0.1, -0.05) is 73.3 Å². The summed E-state index contributed by atoms with van der Waals surface area (Å²) in [5.41, 5.74) is 1.39. The summed E-state index contributed by atoms with van der Waals surface area (Å²) >= 11 is 1.69. The highest BCUT2D eigenvalue weighted by molar-refractivity contribution is 8.02. The SMILES string of the molecule is C=C(/C=C/Sc1ccccc1)O[C@H]1CCCC[C@@H]1c1ccccc1. The molecule has 1 nitrogen and oxygen atoms in total. The minimum absolute atomic E-state index is 0.236. The second-order valence-corrected chi connectivity index (χ2v) is 7.14. The normalized spacial score (nSPS) is 20.8. The Balaban J connectivity index is 1.57. The Hall–Kier alpha value is -1.93. The molecule has 2 aromatic rings. The number of ether oxygens (including phenoxy) is 1. The molecule has 2 aromatic carbocycles. The van der Waals surface area contributed by atoms with Crippen LogP contribution in [0.15, 0.2) is 89.4 Å². The molecule has 124 valence electrons. The lowest BCUT2D eigenvalue weighted by Crippen LogP contribution is -2.25. The van der Waals surface area contributed by atoms with Gasteiger partial charge in [-0.05, 0) is 48.4 Å². The zero-order valence-corrected chi connectivity index (χ0v) is 14.8. The van der Waals surface area contributed by atoms with E-state index in [9.17, 15) is 0 Å². The molecule has 2 atom stereocenters. The fraction of sp³-hybridized carbons (Fsp3) is 0.273. The maximum atomic E-state index is 6.20. The van der Waals surface area contributed by atoms with Crippen LogP contribution >= 0.6 is 11.8 Å². The predicted molar refractivity (Wildman–Crippen MR) is 103 cm³/mol. The quantitative estimate of drug-likeness (QED) is 0.336. The van der Waals surface area contributed by atoms with Crippen LogP contribution in [0.5, 0.6) is 0 Å². The Bertz CT molecular complexity index is 663. The van der Waals surface area contributed by atoms with Gasteiger partial charge >= 0.3 is 0 Å². The summed E-state index contributed by atoms with van der Waals surface area (Å²) in [5.74, 6) is 1.23. The second-order valence-electron chi connectivity index (χ2n) is 6.16. The van der Waals surface area contributed by atoms with Crippen LogP contribution in [-0.4, -0.2) is 6.10 Å². The molecule has 0 heterocycles. The average molecular weight is 336 g/mol. The fourth-order valence-electron chi connectivity index (χ4n) is 3.24. The molecular weight excluding hydrogens is 312 g/mol. The van der Waals surface area contributed by atoms with Gasteiger partial charge in [0.25, 0.3) is 0 Å². The van der Waals surface area contributed by atoms with E-state index in [1.807, 2.05) is 24.3 Å². The first-order valence-corrected chi connectivity index (χ1v) is 9.49. The molecule has 0 amide bonds. The first-order valence-electron chi connectivity index (χ1n) is 8.62. The second kappa shape index (κ2) is 8.79. The van der Waals surface area contributed by atoms with Crippen molar-refractivity contribution < 1.29 is 4.74 Å². The molecule has 0 radical (unpaired) electrons. The van der Waals surface area contributed by atoms with Gasteiger partial charge < -0.3 is 4.74 Å². The van der Waals surface area contributed by atoms with Crippen molar-refractivity contribution in [2.45, 2.75) is 42.6 Å². The van der Waals surface area contributed by atoms with E-state index in [0.29, 0.717) is 5.92 Å². The molecule has 0 unspecified atom stereocenters. The summed E-state index contributed by atoms with van der Waals surface area (Å²) < 4.78 is 6.20. The maximum absolute atomic E-state index is 6.20. The predicted octanol–water partition coefficient (Wildman–Crippen LogP) is 6.55. The Labute approximate surface area is 149 Å². The number of benzene rings is 2. The van der Waals surface area contributed by atoms with Gasteiger partial charge in [-0.3, -0.25) is 0 Å². The molecule has 1 aliphatic carbocycles. The largest absolute Gasteiger partial charge is 0.490 e. The molecule has 24 heavy (non-hydrogen) atoms. The van der Waals surface area contributed by atoms with Gasteiger partial charge in [-0.2, -0.15) is 0 Å². The highest BCUT2D eigenvalue weighted by Crippen LogP contribution is 2.36. The summed E-state index contributed by atoms with van der Waals surface area (Å²) in [5, 5.41) is 2.05. The highest BCUT2D eigenvalue weighted by atomic mass is 32.2. The summed E-state index contributed by atoms with van der Waals surface area (Å²) in [6.45, 7) is 4.09. The molecule has 0 N–H and O–H groups in total. The zero-order valence-electron chi connectivity index (χ0n) is 13.9. The lowest BCUT2D eigenvalue weighted by atomic mass is 9.81. The Kier molecular flexibility index (Phi) is 6.20. The van der Waals surface area contributed by atoms with Crippen molar-refractivity contribution in [2.24, 2.45) is 0 Å². The Morgan fingerprint density at radius 1 is 0.958 bits per heavy atom. The number of rotatable bonds is 6. The molecule has 0 bridgehead atoms. The van der Waals surface area contributed by atoms with Crippen LogP contribution in [-0.2, 0) is 4.74 Å². The van der Waals surface area contributed by atoms with Crippen molar-refractivity contribution in [3.8, 4) is 0 Å². The van der Waals surface area contributed by atoms with E-state index in [1.165, 1.54) is 29.7 Å². The number of hydrogen-bond donors (Lipinski definition) is 0. The van der Waals surface area contributed by atoms with Crippen LogP contribution < -0.4 is 0 Å². The number of allylic oxidation sites excluding steroid dienone is 1. The van der Waals surface area contributed by atoms with E-state index >= 15 is 0 Å². The van der Waals surface area contributed by atoms with E-state index < -0.39 is 0 Å². The van der Waals surface area contributed by atoms with Crippen LogP contribution in [0.25, 0.3) is 0 Å². The van der Waals surface area contributed by atoms with Crippen molar-refractivity contribution in [2.75, 3.05) is 0 Å². The monoisotopic (exact) mass is 336 g/mol. The smallest absolute Gasteiger partial charge is 0.113 e. The highest BCUT2D eigenvalue weighted by Gasteiger charge is 2.27. The van der Waals surface area contributed by atoms with Crippen molar-refractivity contribution >= 4 is 11.8 Å². The molecule has 0 aliphatic heterocycles. The molecule has 1 fully saturated rings. The minimum atomic E-state index is 0.236. The fourth-order valence-corrected chi connectivity index (χ4v) is 3.93. The molecule has 0 aromatic heterocycles. The lowest BCUT2D eigenvalue weighted by Gasteiger charge is -2.32. The van der Waals surface area contributed by atoms with Crippen molar-refractivity contribution in [1.82, 2.24) is 0 Å². The first-order chi connectivity index (χ1) is 11.8. The van der Waals surface area contributed by atoms with Crippen LogP contribution in [0, 0.1) is 0 Å². The van der Waals surface area contributed by atoms with Gasteiger partial charge in [0.05, 0.1) is 0 Å². The topological polar surface area (TPSA) is 9.23 Å². The summed E-state index contributed by atoms with van der Waals surface area (Å²) in [4.78, 5) is 1.22. The third-order valence-electron chi connectivity index (χ3n) is 4.43. The Morgan fingerprint density at radius 2 is 1.62 bits per heavy atom. The summed E-state index contributed by atoms with van der Waals surface area (Å²) in [7, 11) is 0. The average Bonchev–Trinajstić information content (AvgIpc) is 2.64. The van der Waals surface area contributed by atoms with E-state index in [1.54, 1.807) is 11.8 Å². The standard InChI is InChI=1S/C22H24OS/c1-18(16-17-24-20-12-6-3-7-13-20)23-22-15-9-8-14-21(22)19-10-4-2-5-11-19/h2-7,10-13,16-17,21-22H,1,8-9,14-15H2/b17-16+/t21-,22+/m1/s1. The number of thioether (sulfide) groups is 1. The third-order valence-corrected chi connectivity index (χ3v) is 5.25. The molecule has 2 heteroatoms. The van der Waals surface area contributed by atoms with Crippen LogP contribution in [0.2, 0.25) is 0 Å². The number of hydrogen-bond acceptors (Lipinski definition) is 2. The van der Waals surface area contributed by atoms with E-state index in [-0.39, 0.29) is 6.10 Å². The van der Waals surface area contributed by atoms with E-state index in [4.69, 9.17) is 4.74 Å². The van der Waals surface area contributed by atoms with Crippen molar-refractivity contribution in [3.05, 3.63) is 90.0 Å². The zero-order chi connectivity index (χ0) is 16.6. The van der Waals surface area contributed by atoms with Gasteiger partial charge in [0.15, 0.2) is 0 Å². The molecule has 0 spiro atoms. The molecule has 0 saturated heterocycles. The van der Waals surface area contributed by atoms with E-state index in [0.717, 1.165) is 12.2 Å². The molecule has 1 aliphatic rings.